The van der Waals surface area contributed by atoms with Crippen molar-refractivity contribution in [1.29, 1.82) is 5.26 Å². The van der Waals surface area contributed by atoms with Crippen LogP contribution < -0.4 is 5.73 Å². The first kappa shape index (κ1) is 12.9. The van der Waals surface area contributed by atoms with E-state index in [9.17, 15) is 5.26 Å². The highest BCUT2D eigenvalue weighted by molar-refractivity contribution is 5.12. The van der Waals surface area contributed by atoms with Crippen LogP contribution in [0.5, 0.6) is 0 Å². The van der Waals surface area contributed by atoms with Gasteiger partial charge in [0.15, 0.2) is 0 Å². The van der Waals surface area contributed by atoms with Gasteiger partial charge in [0.1, 0.15) is 5.54 Å². The number of rotatable bonds is 3. The SMILES string of the molecule is CC1(C)CCCN1CCC1CCCC1(N)C#N. The van der Waals surface area contributed by atoms with E-state index in [4.69, 9.17) is 5.73 Å². The summed E-state index contributed by atoms with van der Waals surface area (Å²) in [7, 11) is 0. The highest BCUT2D eigenvalue weighted by Gasteiger charge is 2.40. The van der Waals surface area contributed by atoms with E-state index < -0.39 is 5.54 Å². The van der Waals surface area contributed by atoms with Crippen LogP contribution in [-0.4, -0.2) is 29.1 Å². The maximum Gasteiger partial charge on any atom is 0.107 e. The van der Waals surface area contributed by atoms with Crippen molar-refractivity contribution in [2.45, 2.75) is 63.5 Å². The lowest BCUT2D eigenvalue weighted by Gasteiger charge is -2.33. The van der Waals surface area contributed by atoms with E-state index in [1.54, 1.807) is 0 Å². The minimum absolute atomic E-state index is 0.350. The third-order valence-corrected chi connectivity index (χ3v) is 4.90. The molecule has 1 saturated heterocycles. The van der Waals surface area contributed by atoms with Crippen molar-refractivity contribution in [2.75, 3.05) is 13.1 Å². The van der Waals surface area contributed by atoms with Crippen LogP contribution in [0.3, 0.4) is 0 Å². The van der Waals surface area contributed by atoms with Crippen LogP contribution in [0.4, 0.5) is 0 Å². The summed E-state index contributed by atoms with van der Waals surface area (Å²) in [6, 6.07) is 2.35. The molecular weight excluding hydrogens is 210 g/mol. The van der Waals surface area contributed by atoms with Crippen LogP contribution in [0.2, 0.25) is 0 Å². The molecule has 17 heavy (non-hydrogen) atoms. The van der Waals surface area contributed by atoms with Crippen LogP contribution in [-0.2, 0) is 0 Å². The van der Waals surface area contributed by atoms with E-state index >= 15 is 0 Å². The normalized spacial score (nSPS) is 37.2. The Labute approximate surface area is 105 Å². The van der Waals surface area contributed by atoms with Crippen molar-refractivity contribution in [1.82, 2.24) is 4.90 Å². The van der Waals surface area contributed by atoms with Crippen molar-refractivity contribution in [3.05, 3.63) is 0 Å². The predicted octanol–water partition coefficient (Wildman–Crippen LogP) is 2.27. The first-order valence-electron chi connectivity index (χ1n) is 6.93. The Morgan fingerprint density at radius 3 is 2.71 bits per heavy atom. The third kappa shape index (κ3) is 2.48. The quantitative estimate of drug-likeness (QED) is 0.816. The summed E-state index contributed by atoms with van der Waals surface area (Å²) in [4.78, 5) is 2.57. The number of nitrogens with zero attached hydrogens (tertiary/aromatic N) is 2. The molecule has 3 heteroatoms. The second kappa shape index (κ2) is 4.59. The van der Waals surface area contributed by atoms with Gasteiger partial charge in [-0.25, -0.2) is 0 Å². The van der Waals surface area contributed by atoms with Gasteiger partial charge < -0.3 is 5.73 Å². The molecule has 0 aromatic rings. The minimum Gasteiger partial charge on any atom is -0.313 e. The lowest BCUT2D eigenvalue weighted by Crippen LogP contribution is -2.45. The molecule has 96 valence electrons. The van der Waals surface area contributed by atoms with Crippen LogP contribution >= 0.6 is 0 Å². The Morgan fingerprint density at radius 1 is 1.35 bits per heavy atom. The summed E-state index contributed by atoms with van der Waals surface area (Å²) < 4.78 is 0. The molecule has 0 aromatic carbocycles. The summed E-state index contributed by atoms with van der Waals surface area (Å²) in [5.74, 6) is 0.406. The molecule has 0 aromatic heterocycles. The van der Waals surface area contributed by atoms with Crippen molar-refractivity contribution >= 4 is 0 Å². The zero-order valence-electron chi connectivity index (χ0n) is 11.2. The summed E-state index contributed by atoms with van der Waals surface area (Å²) in [5.41, 5.74) is 5.99. The Balaban J connectivity index is 1.89. The second-order valence-electron chi connectivity index (χ2n) is 6.43. The van der Waals surface area contributed by atoms with E-state index in [1.807, 2.05) is 0 Å². The molecule has 3 nitrogen and oxygen atoms in total. The van der Waals surface area contributed by atoms with E-state index in [1.165, 1.54) is 19.4 Å². The van der Waals surface area contributed by atoms with Gasteiger partial charge in [-0.05, 0) is 65.0 Å². The molecule has 1 saturated carbocycles. The fourth-order valence-electron chi connectivity index (χ4n) is 3.54. The maximum atomic E-state index is 9.20. The van der Waals surface area contributed by atoms with Gasteiger partial charge in [0.2, 0.25) is 0 Å². The van der Waals surface area contributed by atoms with E-state index in [2.05, 4.69) is 24.8 Å². The molecule has 2 aliphatic rings. The van der Waals surface area contributed by atoms with Gasteiger partial charge in [-0.2, -0.15) is 5.26 Å². The molecule has 1 aliphatic heterocycles. The molecule has 2 atom stereocenters. The minimum atomic E-state index is -0.538. The van der Waals surface area contributed by atoms with E-state index in [0.717, 1.165) is 32.2 Å². The average Bonchev–Trinajstić information content (AvgIpc) is 2.80. The summed E-state index contributed by atoms with van der Waals surface area (Å²) in [5, 5.41) is 9.20. The Hall–Kier alpha value is -0.590. The molecule has 1 aliphatic carbocycles. The number of hydrogen-bond acceptors (Lipinski definition) is 3. The predicted molar refractivity (Wildman–Crippen MR) is 69.4 cm³/mol. The molecule has 0 bridgehead atoms. The molecule has 0 radical (unpaired) electrons. The van der Waals surface area contributed by atoms with Crippen LogP contribution in [0.1, 0.15) is 52.4 Å². The molecule has 0 spiro atoms. The Morgan fingerprint density at radius 2 is 2.12 bits per heavy atom. The van der Waals surface area contributed by atoms with Crippen LogP contribution in [0.25, 0.3) is 0 Å². The van der Waals surface area contributed by atoms with Gasteiger partial charge >= 0.3 is 0 Å². The first-order valence-corrected chi connectivity index (χ1v) is 6.93. The summed E-state index contributed by atoms with van der Waals surface area (Å²) >= 11 is 0. The zero-order valence-corrected chi connectivity index (χ0v) is 11.2. The summed E-state index contributed by atoms with van der Waals surface area (Å²) in [6.07, 6.45) is 6.84. The number of likely N-dealkylation sites (tertiary alicyclic amines) is 1. The number of hydrogen-bond donors (Lipinski definition) is 1. The maximum absolute atomic E-state index is 9.20. The molecule has 2 N–H and O–H groups in total. The van der Waals surface area contributed by atoms with Crippen LogP contribution in [0.15, 0.2) is 0 Å². The second-order valence-corrected chi connectivity index (χ2v) is 6.43. The fraction of sp³-hybridized carbons (Fsp3) is 0.929. The smallest absolute Gasteiger partial charge is 0.107 e. The van der Waals surface area contributed by atoms with Crippen LogP contribution in [0, 0.1) is 17.2 Å². The Bertz CT molecular complexity index is 318. The van der Waals surface area contributed by atoms with Gasteiger partial charge in [0.25, 0.3) is 0 Å². The van der Waals surface area contributed by atoms with Gasteiger partial charge in [0, 0.05) is 5.54 Å². The van der Waals surface area contributed by atoms with Crippen molar-refractivity contribution in [3.63, 3.8) is 0 Å². The van der Waals surface area contributed by atoms with Gasteiger partial charge in [-0.3, -0.25) is 4.90 Å². The highest BCUT2D eigenvalue weighted by atomic mass is 15.2. The van der Waals surface area contributed by atoms with Gasteiger partial charge in [0.05, 0.1) is 6.07 Å². The van der Waals surface area contributed by atoms with Gasteiger partial charge in [-0.15, -0.1) is 0 Å². The van der Waals surface area contributed by atoms with Crippen molar-refractivity contribution < 1.29 is 0 Å². The number of nitrogens with two attached hydrogens (primary N) is 1. The molecule has 1 heterocycles. The monoisotopic (exact) mass is 235 g/mol. The van der Waals surface area contributed by atoms with E-state index in [-0.39, 0.29) is 0 Å². The van der Waals surface area contributed by atoms with Crippen molar-refractivity contribution in [3.8, 4) is 6.07 Å². The largest absolute Gasteiger partial charge is 0.313 e. The lowest BCUT2D eigenvalue weighted by atomic mass is 9.86. The first-order chi connectivity index (χ1) is 7.98. The van der Waals surface area contributed by atoms with Crippen molar-refractivity contribution in [2.24, 2.45) is 11.7 Å². The number of nitriles is 1. The topological polar surface area (TPSA) is 53.0 Å². The zero-order chi connectivity index (χ0) is 12.5. The lowest BCUT2D eigenvalue weighted by molar-refractivity contribution is 0.158. The summed E-state index contributed by atoms with van der Waals surface area (Å²) in [6.45, 7) is 6.98. The molecule has 2 unspecified atom stereocenters. The molecule has 2 rings (SSSR count). The average molecular weight is 235 g/mol. The standard InChI is InChI=1S/C14H25N3/c1-13(2)7-4-9-17(13)10-6-12-5-3-8-14(12,16)11-15/h12H,3-10,16H2,1-2H3. The fourth-order valence-corrected chi connectivity index (χ4v) is 3.54. The van der Waals surface area contributed by atoms with E-state index in [0.29, 0.717) is 11.5 Å². The Kier molecular flexibility index (Phi) is 3.47. The third-order valence-electron chi connectivity index (χ3n) is 4.90. The molecule has 0 amide bonds. The highest BCUT2D eigenvalue weighted by Crippen LogP contribution is 2.37. The van der Waals surface area contributed by atoms with Gasteiger partial charge in [-0.1, -0.05) is 6.42 Å². The molecule has 2 fully saturated rings. The molecular formula is C14H25N3.